The maximum Gasteiger partial charge on any atom is 0.405 e. The number of amides is 1. The standard InChI is InChI=1S/C15H27NO5/c1-2-3-4-5-6-7-8-9-10-11-13(17)21-14(18)12-16-15(19)20/h16H,2-12H2,1H3,(H,19,20). The predicted octanol–water partition coefficient (Wildman–Crippen LogP) is 3.24. The Hall–Kier alpha value is -1.59. The van der Waals surface area contributed by atoms with Crippen molar-refractivity contribution in [2.75, 3.05) is 6.54 Å². The molecule has 0 aliphatic rings. The van der Waals surface area contributed by atoms with Gasteiger partial charge in [0.25, 0.3) is 0 Å². The summed E-state index contributed by atoms with van der Waals surface area (Å²) < 4.78 is 4.47. The first-order valence-corrected chi connectivity index (χ1v) is 7.76. The lowest BCUT2D eigenvalue weighted by atomic mass is 10.1. The molecule has 2 N–H and O–H groups in total. The lowest BCUT2D eigenvalue weighted by Gasteiger charge is -2.03. The quantitative estimate of drug-likeness (QED) is 0.328. The maximum atomic E-state index is 11.3. The first kappa shape index (κ1) is 19.4. The summed E-state index contributed by atoms with van der Waals surface area (Å²) in [6.07, 6.45) is 9.18. The highest BCUT2D eigenvalue weighted by Crippen LogP contribution is 2.10. The zero-order valence-corrected chi connectivity index (χ0v) is 12.9. The molecule has 0 aromatic carbocycles. The fourth-order valence-corrected chi connectivity index (χ4v) is 1.94. The normalized spacial score (nSPS) is 10.1. The van der Waals surface area contributed by atoms with E-state index in [4.69, 9.17) is 5.11 Å². The van der Waals surface area contributed by atoms with Gasteiger partial charge in [-0.1, -0.05) is 58.3 Å². The molecule has 0 unspecified atom stereocenters. The van der Waals surface area contributed by atoms with E-state index in [0.29, 0.717) is 6.42 Å². The lowest BCUT2D eigenvalue weighted by Crippen LogP contribution is -2.30. The van der Waals surface area contributed by atoms with Crippen molar-refractivity contribution in [2.45, 2.75) is 71.1 Å². The molecule has 0 bridgehead atoms. The fourth-order valence-electron chi connectivity index (χ4n) is 1.94. The molecule has 0 rings (SSSR count). The lowest BCUT2D eigenvalue weighted by molar-refractivity contribution is -0.159. The van der Waals surface area contributed by atoms with Crippen LogP contribution in [0.2, 0.25) is 0 Å². The Morgan fingerprint density at radius 1 is 0.857 bits per heavy atom. The SMILES string of the molecule is CCCCCCCCCCCC(=O)OC(=O)CNC(=O)O. The van der Waals surface area contributed by atoms with Crippen molar-refractivity contribution in [1.29, 1.82) is 0 Å². The molecule has 122 valence electrons. The number of carbonyl (C=O) groups is 3. The summed E-state index contributed by atoms with van der Waals surface area (Å²) in [6, 6.07) is 0. The van der Waals surface area contributed by atoms with E-state index in [1.165, 1.54) is 38.5 Å². The smallest absolute Gasteiger partial charge is 0.405 e. The van der Waals surface area contributed by atoms with Gasteiger partial charge in [0.2, 0.25) is 0 Å². The second-order valence-electron chi connectivity index (χ2n) is 5.08. The van der Waals surface area contributed by atoms with Crippen LogP contribution in [-0.4, -0.2) is 29.7 Å². The number of nitrogens with one attached hydrogen (secondary N) is 1. The van der Waals surface area contributed by atoms with Crippen LogP contribution in [-0.2, 0) is 14.3 Å². The van der Waals surface area contributed by atoms with Crippen LogP contribution in [0.1, 0.15) is 71.1 Å². The molecule has 0 aliphatic carbocycles. The van der Waals surface area contributed by atoms with Crippen LogP contribution in [0.25, 0.3) is 0 Å². The van der Waals surface area contributed by atoms with Crippen LogP contribution >= 0.6 is 0 Å². The van der Waals surface area contributed by atoms with E-state index in [1.807, 2.05) is 5.32 Å². The fraction of sp³-hybridized carbons (Fsp3) is 0.800. The van der Waals surface area contributed by atoms with Crippen molar-refractivity contribution in [2.24, 2.45) is 0 Å². The predicted molar refractivity (Wildman–Crippen MR) is 79.0 cm³/mol. The molecule has 6 heteroatoms. The number of hydrogen-bond donors (Lipinski definition) is 2. The Morgan fingerprint density at radius 3 is 1.90 bits per heavy atom. The Kier molecular flexibility index (Phi) is 12.4. The monoisotopic (exact) mass is 301 g/mol. The van der Waals surface area contributed by atoms with Crippen molar-refractivity contribution in [3.8, 4) is 0 Å². The first-order chi connectivity index (χ1) is 10.1. The second-order valence-corrected chi connectivity index (χ2v) is 5.08. The molecule has 0 atom stereocenters. The topological polar surface area (TPSA) is 92.7 Å². The van der Waals surface area contributed by atoms with Gasteiger partial charge in [0.15, 0.2) is 0 Å². The number of carboxylic acid groups (broad SMARTS) is 1. The highest BCUT2D eigenvalue weighted by Gasteiger charge is 2.10. The van der Waals surface area contributed by atoms with Crippen molar-refractivity contribution < 1.29 is 24.2 Å². The molecule has 1 amide bonds. The molecule has 0 spiro atoms. The minimum absolute atomic E-state index is 0.203. The van der Waals surface area contributed by atoms with Crippen LogP contribution in [0, 0.1) is 0 Å². The Bertz CT molecular complexity index is 317. The van der Waals surface area contributed by atoms with Gasteiger partial charge in [-0.05, 0) is 6.42 Å². The number of rotatable bonds is 12. The van der Waals surface area contributed by atoms with Gasteiger partial charge in [0, 0.05) is 6.42 Å². The summed E-state index contributed by atoms with van der Waals surface area (Å²) in [5.41, 5.74) is 0. The van der Waals surface area contributed by atoms with E-state index >= 15 is 0 Å². The van der Waals surface area contributed by atoms with Gasteiger partial charge in [-0.2, -0.15) is 0 Å². The Balaban J connectivity index is 3.37. The number of ether oxygens (including phenoxy) is 1. The summed E-state index contributed by atoms with van der Waals surface area (Å²) in [4.78, 5) is 32.5. The van der Waals surface area contributed by atoms with Gasteiger partial charge in [-0.3, -0.25) is 4.79 Å². The first-order valence-electron chi connectivity index (χ1n) is 7.76. The molecular formula is C15H27NO5. The van der Waals surface area contributed by atoms with Crippen molar-refractivity contribution in [3.05, 3.63) is 0 Å². The largest absolute Gasteiger partial charge is 0.465 e. The van der Waals surface area contributed by atoms with Crippen LogP contribution in [0.3, 0.4) is 0 Å². The number of hydrogen-bond acceptors (Lipinski definition) is 4. The van der Waals surface area contributed by atoms with Crippen LogP contribution in [0.5, 0.6) is 0 Å². The molecule has 0 aromatic heterocycles. The van der Waals surface area contributed by atoms with E-state index < -0.39 is 24.6 Å². The molecule has 0 aliphatic heterocycles. The average Bonchev–Trinajstić information content (AvgIpc) is 2.43. The highest BCUT2D eigenvalue weighted by atomic mass is 16.6. The van der Waals surface area contributed by atoms with Gasteiger partial charge in [-0.25, -0.2) is 9.59 Å². The number of esters is 2. The van der Waals surface area contributed by atoms with Gasteiger partial charge in [0.05, 0.1) is 0 Å². The van der Waals surface area contributed by atoms with Gasteiger partial charge in [0.1, 0.15) is 6.54 Å². The molecule has 21 heavy (non-hydrogen) atoms. The van der Waals surface area contributed by atoms with Crippen molar-refractivity contribution in [3.63, 3.8) is 0 Å². The zero-order chi connectivity index (χ0) is 15.9. The Labute approximate surface area is 126 Å². The minimum Gasteiger partial charge on any atom is -0.465 e. The number of carbonyl (C=O) groups excluding carboxylic acids is 2. The van der Waals surface area contributed by atoms with Gasteiger partial charge in [-0.15, -0.1) is 0 Å². The zero-order valence-electron chi connectivity index (χ0n) is 12.9. The molecule has 0 heterocycles. The summed E-state index contributed by atoms with van der Waals surface area (Å²) in [7, 11) is 0. The summed E-state index contributed by atoms with van der Waals surface area (Å²) >= 11 is 0. The second kappa shape index (κ2) is 13.4. The van der Waals surface area contributed by atoms with Crippen LogP contribution < -0.4 is 5.32 Å². The summed E-state index contributed by atoms with van der Waals surface area (Å²) in [6.45, 7) is 1.69. The minimum atomic E-state index is -1.32. The van der Waals surface area contributed by atoms with Crippen molar-refractivity contribution in [1.82, 2.24) is 5.32 Å². The molecule has 0 saturated carbocycles. The molecule has 0 aromatic rings. The molecule has 0 radical (unpaired) electrons. The van der Waals surface area contributed by atoms with Crippen LogP contribution in [0.15, 0.2) is 0 Å². The third-order valence-electron chi connectivity index (χ3n) is 3.10. The highest BCUT2D eigenvalue weighted by molar-refractivity contribution is 5.87. The molecule has 0 fully saturated rings. The van der Waals surface area contributed by atoms with E-state index in [0.717, 1.165) is 12.8 Å². The van der Waals surface area contributed by atoms with Crippen LogP contribution in [0.4, 0.5) is 4.79 Å². The maximum absolute atomic E-state index is 11.3. The van der Waals surface area contributed by atoms with Crippen molar-refractivity contribution >= 4 is 18.0 Å². The summed E-state index contributed by atoms with van der Waals surface area (Å²) in [5.74, 6) is -1.45. The molecule has 0 saturated heterocycles. The Morgan fingerprint density at radius 2 is 1.38 bits per heavy atom. The van der Waals surface area contributed by atoms with E-state index in [1.54, 1.807) is 0 Å². The third kappa shape index (κ3) is 14.6. The van der Waals surface area contributed by atoms with Gasteiger partial charge >= 0.3 is 18.0 Å². The summed E-state index contributed by atoms with van der Waals surface area (Å²) in [5, 5.41) is 10.1. The van der Waals surface area contributed by atoms with Gasteiger partial charge < -0.3 is 15.2 Å². The van der Waals surface area contributed by atoms with E-state index in [-0.39, 0.29) is 6.42 Å². The average molecular weight is 301 g/mol. The van der Waals surface area contributed by atoms with E-state index in [2.05, 4.69) is 11.7 Å². The molecular weight excluding hydrogens is 274 g/mol. The third-order valence-corrected chi connectivity index (χ3v) is 3.10. The molecule has 6 nitrogen and oxygen atoms in total. The number of unbranched alkanes of at least 4 members (excludes halogenated alkanes) is 8. The van der Waals surface area contributed by atoms with E-state index in [9.17, 15) is 14.4 Å².